The smallest absolute Gasteiger partial charge is 0.297 e. The Labute approximate surface area is 427 Å². The summed E-state index contributed by atoms with van der Waals surface area (Å²) < 4.78 is 11.5. The van der Waals surface area contributed by atoms with E-state index >= 15 is 0 Å². The first-order chi connectivity index (χ1) is 35.0. The molecule has 1 saturated heterocycles. The van der Waals surface area contributed by atoms with E-state index < -0.39 is 73.3 Å². The monoisotopic (exact) mass is 989 g/mol. The average molecular weight is 990 g/mol. The molecule has 72 heavy (non-hydrogen) atoms. The molecule has 0 saturated carbocycles. The van der Waals surface area contributed by atoms with Gasteiger partial charge in [0.05, 0.1) is 29.8 Å². The van der Waals surface area contributed by atoms with Crippen molar-refractivity contribution in [1.82, 2.24) is 10.2 Å². The van der Waals surface area contributed by atoms with Gasteiger partial charge < -0.3 is 40.3 Å². The highest BCUT2D eigenvalue weighted by Crippen LogP contribution is 2.30. The molecular weight excluding hydrogens is 935 g/mol. The lowest BCUT2D eigenvalue weighted by Gasteiger charge is -2.41. The van der Waals surface area contributed by atoms with E-state index in [-0.39, 0.29) is 30.2 Å². The normalized spacial score (nSPS) is 17.7. The van der Waals surface area contributed by atoms with Gasteiger partial charge in [-0.1, -0.05) is 95.0 Å². The maximum Gasteiger partial charge on any atom is 0.297 e. The minimum Gasteiger partial charge on any atom is -0.390 e. The van der Waals surface area contributed by atoms with Gasteiger partial charge in [-0.3, -0.25) is 19.3 Å². The summed E-state index contributed by atoms with van der Waals surface area (Å²) in [7, 11) is 0. The number of rotatable bonds is 25. The molecule has 1 fully saturated rings. The Morgan fingerprint density at radius 3 is 1.69 bits per heavy atom. The fourth-order valence-corrected chi connectivity index (χ4v) is 7.43. The van der Waals surface area contributed by atoms with Gasteiger partial charge in [-0.2, -0.15) is 0 Å². The predicted molar refractivity (Wildman–Crippen MR) is 273 cm³/mol. The molecule has 15 nitrogen and oxygen atoms in total. The van der Waals surface area contributed by atoms with Crippen LogP contribution in [0.25, 0.3) is 10.4 Å². The van der Waals surface area contributed by atoms with E-state index in [1.807, 2.05) is 0 Å². The number of nitrogens with zero attached hydrogens (tertiary/aromatic N) is 4. The van der Waals surface area contributed by atoms with Gasteiger partial charge in [0.15, 0.2) is 6.29 Å². The SMILES string of the molecule is CC#CC#CC#CC#CC#CC#CC#CC#CC#CC#CC#CC#CC(=O)N[C@@H](CO[C@H]1OC(CSC2=CC(=O)N(CCN=[N+]=[N-])C2=O)[C@H](O)[C@H](O)C1O)[C@H](O)[C@H](O)CCCCCCCCCCCCCC. The van der Waals surface area contributed by atoms with E-state index in [1.54, 1.807) is 6.92 Å². The van der Waals surface area contributed by atoms with Crippen LogP contribution in [0.2, 0.25) is 0 Å². The molecule has 0 aromatic rings. The maximum atomic E-state index is 12.9. The standard InChI is InChI=1S/C56H55N5O10S/c1-3-5-7-9-11-13-15-17-18-19-20-21-22-23-24-25-26-27-29-31-33-35-37-39-49(63)59-45(51(65)46(62)38-36-34-32-30-28-16-14-12-10-8-6-4-2)43-70-56-54(68)53(67)52(66)47(71-56)44-72-48-42-50(64)61(55(48)69)41-40-58-60-57/h42,45-47,51-54,56,62,65-68H,4,6,8,10,12,14,16,28,30,32,34,36,38,40-41,43-44H2,1-2H3,(H,59,63)/t45-,46+,47?,51-,52-,53-,54?,56-/m0/s1. The summed E-state index contributed by atoms with van der Waals surface area (Å²) in [6.45, 7) is 3.06. The number of aliphatic hydroxyl groups is 5. The third-order valence-corrected chi connectivity index (χ3v) is 11.2. The van der Waals surface area contributed by atoms with Crippen molar-refractivity contribution in [2.45, 2.75) is 146 Å². The van der Waals surface area contributed by atoms with Crippen LogP contribution in [-0.2, 0) is 23.9 Å². The quantitative estimate of drug-likeness (QED) is 0.0194. The van der Waals surface area contributed by atoms with E-state index in [0.717, 1.165) is 48.4 Å². The summed E-state index contributed by atoms with van der Waals surface area (Å²) in [4.78, 5) is 41.6. The minimum absolute atomic E-state index is 0.0141. The number of thioether (sulfide) groups is 1. The zero-order chi connectivity index (χ0) is 52.4. The second-order valence-corrected chi connectivity index (χ2v) is 16.4. The second-order valence-electron chi connectivity index (χ2n) is 15.4. The number of carbonyl (C=O) groups is 3. The van der Waals surface area contributed by atoms with Gasteiger partial charge in [0, 0.05) is 71.3 Å². The summed E-state index contributed by atoms with van der Waals surface area (Å²) in [5.74, 6) is 56.9. The Hall–Kier alpha value is -7.55. The number of azide groups is 1. The van der Waals surface area contributed by atoms with Crippen molar-refractivity contribution in [3.8, 4) is 142 Å². The Balaban J connectivity index is 2.05. The Morgan fingerprint density at radius 1 is 0.736 bits per heavy atom. The predicted octanol–water partition coefficient (Wildman–Crippen LogP) is 2.47. The number of hydrogen-bond acceptors (Lipinski definition) is 12. The van der Waals surface area contributed by atoms with E-state index in [4.69, 9.17) is 15.0 Å². The number of nitrogens with one attached hydrogen (secondary N) is 1. The van der Waals surface area contributed by atoms with Gasteiger partial charge >= 0.3 is 0 Å². The number of ether oxygens (including phenoxy) is 2. The Kier molecular flexibility index (Phi) is 33.0. The molecule has 6 N–H and O–H groups in total. The topological polar surface area (TPSA) is 235 Å². The largest absolute Gasteiger partial charge is 0.390 e. The Morgan fingerprint density at radius 2 is 1.21 bits per heavy atom. The van der Waals surface area contributed by atoms with Crippen LogP contribution in [0, 0.1) is 142 Å². The molecule has 0 bridgehead atoms. The lowest BCUT2D eigenvalue weighted by atomic mass is 9.98. The molecule has 0 spiro atoms. The van der Waals surface area contributed by atoms with Gasteiger partial charge in [-0.25, -0.2) is 0 Å². The van der Waals surface area contributed by atoms with Crippen molar-refractivity contribution in [1.29, 1.82) is 0 Å². The molecular formula is C56H55N5O10S. The van der Waals surface area contributed by atoms with Crippen LogP contribution in [0.4, 0.5) is 0 Å². The van der Waals surface area contributed by atoms with Crippen molar-refractivity contribution in [2.75, 3.05) is 25.4 Å². The van der Waals surface area contributed by atoms with Crippen LogP contribution in [0.15, 0.2) is 16.1 Å². The van der Waals surface area contributed by atoms with Crippen LogP contribution < -0.4 is 5.32 Å². The fraction of sp³-hybridized carbons (Fsp3) is 0.482. The molecule has 3 amide bonds. The zero-order valence-corrected chi connectivity index (χ0v) is 41.0. The maximum absolute atomic E-state index is 12.9. The van der Waals surface area contributed by atoms with E-state index in [0.29, 0.717) is 6.42 Å². The van der Waals surface area contributed by atoms with Crippen LogP contribution in [0.3, 0.4) is 0 Å². The first kappa shape index (κ1) is 60.6. The lowest BCUT2D eigenvalue weighted by Crippen LogP contribution is -2.60. The third-order valence-electron chi connectivity index (χ3n) is 10.1. The molecule has 0 aromatic heterocycles. The molecule has 0 radical (unpaired) electrons. The highest BCUT2D eigenvalue weighted by atomic mass is 32.2. The second kappa shape index (κ2) is 39.2. The first-order valence-corrected chi connectivity index (χ1v) is 24.2. The van der Waals surface area contributed by atoms with E-state index in [2.05, 4.69) is 164 Å². The van der Waals surface area contributed by atoms with E-state index in [1.165, 1.54) is 44.9 Å². The van der Waals surface area contributed by atoms with Crippen LogP contribution in [0.1, 0.15) is 97.3 Å². The molecule has 2 unspecified atom stereocenters. The number of carbonyl (C=O) groups excluding carboxylic acids is 3. The third kappa shape index (κ3) is 26.4. The first-order valence-electron chi connectivity index (χ1n) is 23.2. The number of unbranched alkanes of at least 4 members (excludes halogenated alkanes) is 11. The van der Waals surface area contributed by atoms with Crippen LogP contribution >= 0.6 is 11.8 Å². The molecule has 8 atom stereocenters. The number of hydrogen-bond donors (Lipinski definition) is 6. The summed E-state index contributed by atoms with van der Waals surface area (Å²) >= 11 is 0.854. The number of amides is 3. The van der Waals surface area contributed by atoms with Gasteiger partial charge in [0.1, 0.15) is 24.4 Å². The zero-order valence-electron chi connectivity index (χ0n) is 40.2. The van der Waals surface area contributed by atoms with Gasteiger partial charge in [-0.05, 0) is 114 Å². The number of imide groups is 1. The lowest BCUT2D eigenvalue weighted by molar-refractivity contribution is -0.294. The van der Waals surface area contributed by atoms with Crippen molar-refractivity contribution >= 4 is 29.5 Å². The highest BCUT2D eigenvalue weighted by molar-refractivity contribution is 8.04. The molecule has 370 valence electrons. The molecule has 16 heteroatoms. The summed E-state index contributed by atoms with van der Waals surface area (Å²) in [6.07, 6.45) is 3.69. The van der Waals surface area contributed by atoms with Gasteiger partial charge in [-0.15, -0.1) is 11.8 Å². The molecule has 2 rings (SSSR count). The highest BCUT2D eigenvalue weighted by Gasteiger charge is 2.45. The molecule has 2 aliphatic heterocycles. The van der Waals surface area contributed by atoms with Crippen LogP contribution in [0.5, 0.6) is 0 Å². The summed E-state index contributed by atoms with van der Waals surface area (Å²) in [5, 5.41) is 60.3. The minimum atomic E-state index is -1.80. The van der Waals surface area contributed by atoms with Crippen LogP contribution in [-0.4, -0.2) is 123 Å². The van der Waals surface area contributed by atoms with Crippen molar-refractivity contribution in [3.05, 3.63) is 21.4 Å². The summed E-state index contributed by atoms with van der Waals surface area (Å²) in [5.41, 5.74) is 8.51. The van der Waals surface area contributed by atoms with Crippen molar-refractivity contribution in [3.63, 3.8) is 0 Å². The number of aliphatic hydroxyl groups excluding tert-OH is 5. The van der Waals surface area contributed by atoms with Gasteiger partial charge in [0.25, 0.3) is 17.7 Å². The molecule has 2 heterocycles. The van der Waals surface area contributed by atoms with E-state index in [9.17, 15) is 39.9 Å². The fourth-order valence-electron chi connectivity index (χ4n) is 6.39. The molecule has 0 aliphatic carbocycles. The van der Waals surface area contributed by atoms with Crippen molar-refractivity contribution in [2.24, 2.45) is 5.11 Å². The molecule has 0 aromatic carbocycles. The van der Waals surface area contributed by atoms with Crippen molar-refractivity contribution < 1.29 is 49.4 Å². The van der Waals surface area contributed by atoms with Gasteiger partial charge in [0.2, 0.25) is 0 Å². The Bertz CT molecular complexity index is 2750. The average Bonchev–Trinajstić information content (AvgIpc) is 3.64. The summed E-state index contributed by atoms with van der Waals surface area (Å²) in [6, 6.07) is -1.31. The molecule has 2 aliphatic rings.